The predicted octanol–water partition coefficient (Wildman–Crippen LogP) is 2.68. The maximum absolute atomic E-state index is 12.3. The van der Waals surface area contributed by atoms with Crippen LogP contribution in [0.25, 0.3) is 10.1 Å². The number of benzene rings is 1. The van der Waals surface area contributed by atoms with Crippen LogP contribution in [0.1, 0.15) is 0 Å². The van der Waals surface area contributed by atoms with Crippen molar-refractivity contribution in [1.82, 2.24) is 4.98 Å². The smallest absolute Gasteiger partial charge is 0.272 e. The van der Waals surface area contributed by atoms with E-state index in [-0.39, 0.29) is 15.7 Å². The number of nitrogen functional groups attached to an aromatic ring is 1. The second kappa shape index (κ2) is 4.77. The molecule has 0 atom stereocenters. The van der Waals surface area contributed by atoms with E-state index >= 15 is 0 Å². The Morgan fingerprint density at radius 3 is 2.70 bits per heavy atom. The second-order valence-corrected chi connectivity index (χ2v) is 7.14. The average Bonchev–Trinajstić information content (AvgIpc) is 2.86. The van der Waals surface area contributed by atoms with Crippen molar-refractivity contribution in [2.45, 2.75) is 4.21 Å². The SMILES string of the molecule is Nc1cccnc1NS(=O)(=O)c1cc2ccccc2s1. The number of nitrogens with one attached hydrogen (secondary N) is 1. The Bertz CT molecular complexity index is 839. The number of pyridine rings is 1. The van der Waals surface area contributed by atoms with Crippen molar-refractivity contribution in [1.29, 1.82) is 0 Å². The molecule has 0 amide bonds. The molecule has 3 N–H and O–H groups in total. The van der Waals surface area contributed by atoms with E-state index in [1.165, 1.54) is 17.5 Å². The molecule has 2 heterocycles. The van der Waals surface area contributed by atoms with Gasteiger partial charge in [0.2, 0.25) is 0 Å². The van der Waals surface area contributed by atoms with Crippen LogP contribution in [0, 0.1) is 0 Å². The van der Waals surface area contributed by atoms with Gasteiger partial charge >= 0.3 is 0 Å². The lowest BCUT2D eigenvalue weighted by molar-refractivity contribution is 0.603. The van der Waals surface area contributed by atoms with Crippen LogP contribution >= 0.6 is 11.3 Å². The zero-order valence-electron chi connectivity index (χ0n) is 10.3. The molecule has 2 aromatic heterocycles. The molecule has 3 rings (SSSR count). The lowest BCUT2D eigenvalue weighted by Gasteiger charge is -2.06. The van der Waals surface area contributed by atoms with E-state index in [1.807, 2.05) is 24.3 Å². The Balaban J connectivity index is 2.01. The summed E-state index contributed by atoms with van der Waals surface area (Å²) in [5.74, 6) is 0.143. The minimum Gasteiger partial charge on any atom is -0.396 e. The van der Waals surface area contributed by atoms with Crippen LogP contribution in [0.3, 0.4) is 0 Å². The van der Waals surface area contributed by atoms with Gasteiger partial charge in [0.05, 0.1) is 5.69 Å². The molecule has 0 saturated carbocycles. The van der Waals surface area contributed by atoms with Crippen molar-refractivity contribution in [3.8, 4) is 0 Å². The zero-order chi connectivity index (χ0) is 14.2. The van der Waals surface area contributed by atoms with Gasteiger partial charge in [0.1, 0.15) is 4.21 Å². The first-order chi connectivity index (χ1) is 9.56. The molecule has 1 aromatic carbocycles. The summed E-state index contributed by atoms with van der Waals surface area (Å²) in [6, 6.07) is 12.4. The molecule has 5 nitrogen and oxygen atoms in total. The largest absolute Gasteiger partial charge is 0.396 e. The van der Waals surface area contributed by atoms with E-state index in [0.29, 0.717) is 0 Å². The van der Waals surface area contributed by atoms with E-state index in [1.54, 1.807) is 18.2 Å². The third kappa shape index (κ3) is 2.33. The quantitative estimate of drug-likeness (QED) is 0.779. The van der Waals surface area contributed by atoms with Gasteiger partial charge in [-0.05, 0) is 29.7 Å². The number of aromatic nitrogens is 1. The van der Waals surface area contributed by atoms with Crippen LogP contribution in [-0.2, 0) is 10.0 Å². The standard InChI is InChI=1S/C13H11N3O2S2/c14-10-5-3-7-15-13(10)16-20(17,18)12-8-9-4-1-2-6-11(9)19-12/h1-8H,14H2,(H,15,16). The number of hydrogen-bond acceptors (Lipinski definition) is 5. The minimum absolute atomic E-state index is 0.143. The number of nitrogens with two attached hydrogens (primary N) is 1. The van der Waals surface area contributed by atoms with E-state index in [4.69, 9.17) is 5.73 Å². The molecule has 0 bridgehead atoms. The molecule has 20 heavy (non-hydrogen) atoms. The second-order valence-electron chi connectivity index (χ2n) is 4.15. The fraction of sp³-hybridized carbons (Fsp3) is 0. The lowest BCUT2D eigenvalue weighted by Crippen LogP contribution is -2.13. The predicted molar refractivity (Wildman–Crippen MR) is 81.3 cm³/mol. The summed E-state index contributed by atoms with van der Waals surface area (Å²) in [5, 5.41) is 0.895. The summed E-state index contributed by atoms with van der Waals surface area (Å²) in [6.45, 7) is 0. The molecule has 102 valence electrons. The van der Waals surface area contributed by atoms with Crippen molar-refractivity contribution in [2.75, 3.05) is 10.5 Å². The summed E-state index contributed by atoms with van der Waals surface area (Å²) in [7, 11) is -3.67. The molecule has 0 unspecified atom stereocenters. The molecular weight excluding hydrogens is 294 g/mol. The molecule has 0 saturated heterocycles. The van der Waals surface area contributed by atoms with Crippen LogP contribution < -0.4 is 10.5 Å². The Kier molecular flexibility index (Phi) is 3.07. The third-order valence-corrected chi connectivity index (χ3v) is 5.67. The van der Waals surface area contributed by atoms with Crippen LogP contribution in [0.4, 0.5) is 11.5 Å². The van der Waals surface area contributed by atoms with Gasteiger partial charge in [-0.25, -0.2) is 13.4 Å². The first-order valence-corrected chi connectivity index (χ1v) is 8.08. The highest BCUT2D eigenvalue weighted by Gasteiger charge is 2.19. The molecular formula is C13H11N3O2S2. The van der Waals surface area contributed by atoms with Crippen molar-refractivity contribution in [2.24, 2.45) is 0 Å². The number of rotatable bonds is 3. The minimum atomic E-state index is -3.67. The first kappa shape index (κ1) is 12.9. The number of anilines is 2. The summed E-state index contributed by atoms with van der Waals surface area (Å²) in [4.78, 5) is 3.93. The van der Waals surface area contributed by atoms with Crippen molar-refractivity contribution in [3.63, 3.8) is 0 Å². The van der Waals surface area contributed by atoms with E-state index in [0.717, 1.165) is 10.1 Å². The van der Waals surface area contributed by atoms with Gasteiger partial charge in [-0.2, -0.15) is 0 Å². The van der Waals surface area contributed by atoms with E-state index < -0.39 is 10.0 Å². The van der Waals surface area contributed by atoms with E-state index in [9.17, 15) is 8.42 Å². The van der Waals surface area contributed by atoms with Gasteiger partial charge in [0.15, 0.2) is 5.82 Å². The first-order valence-electron chi connectivity index (χ1n) is 5.78. The summed E-state index contributed by atoms with van der Waals surface area (Å²) >= 11 is 1.21. The fourth-order valence-corrected chi connectivity index (χ4v) is 4.21. The molecule has 3 aromatic rings. The summed E-state index contributed by atoms with van der Waals surface area (Å²) in [6.07, 6.45) is 1.49. The number of fused-ring (bicyclic) bond motifs is 1. The number of nitrogens with zero attached hydrogens (tertiary/aromatic N) is 1. The lowest BCUT2D eigenvalue weighted by atomic mass is 10.3. The van der Waals surface area contributed by atoms with E-state index in [2.05, 4.69) is 9.71 Å². The summed E-state index contributed by atoms with van der Waals surface area (Å²) < 4.78 is 28.2. The average molecular weight is 305 g/mol. The molecule has 0 aliphatic rings. The molecule has 0 aliphatic carbocycles. The van der Waals surface area contributed by atoms with Gasteiger partial charge in [-0.3, -0.25) is 4.72 Å². The Hall–Kier alpha value is -2.12. The fourth-order valence-electron chi connectivity index (χ4n) is 1.77. The molecule has 0 spiro atoms. The van der Waals surface area contributed by atoms with Gasteiger partial charge in [0, 0.05) is 10.9 Å². The van der Waals surface area contributed by atoms with Crippen molar-refractivity contribution < 1.29 is 8.42 Å². The van der Waals surface area contributed by atoms with Gasteiger partial charge in [0.25, 0.3) is 10.0 Å². The zero-order valence-corrected chi connectivity index (χ0v) is 11.9. The maximum Gasteiger partial charge on any atom is 0.272 e. The van der Waals surface area contributed by atoms with Gasteiger partial charge < -0.3 is 5.73 Å². The summed E-state index contributed by atoms with van der Waals surface area (Å²) in [5.41, 5.74) is 5.98. The highest BCUT2D eigenvalue weighted by molar-refractivity contribution is 7.94. The Morgan fingerprint density at radius 1 is 1.15 bits per heavy atom. The highest BCUT2D eigenvalue weighted by atomic mass is 32.2. The molecule has 7 heteroatoms. The topological polar surface area (TPSA) is 85.1 Å². The number of hydrogen-bond donors (Lipinski definition) is 2. The normalized spacial score (nSPS) is 11.6. The van der Waals surface area contributed by atoms with Crippen molar-refractivity contribution >= 4 is 43.0 Å². The molecule has 0 aliphatic heterocycles. The third-order valence-electron chi connectivity index (χ3n) is 2.74. The Labute approximate surface area is 120 Å². The van der Waals surface area contributed by atoms with Crippen LogP contribution in [-0.4, -0.2) is 13.4 Å². The van der Waals surface area contributed by atoms with Crippen LogP contribution in [0.2, 0.25) is 0 Å². The van der Waals surface area contributed by atoms with Gasteiger partial charge in [-0.1, -0.05) is 18.2 Å². The molecule has 0 radical (unpaired) electrons. The molecule has 0 fully saturated rings. The van der Waals surface area contributed by atoms with Crippen LogP contribution in [0.15, 0.2) is 52.9 Å². The highest BCUT2D eigenvalue weighted by Crippen LogP contribution is 2.30. The van der Waals surface area contributed by atoms with Crippen molar-refractivity contribution in [3.05, 3.63) is 48.7 Å². The Morgan fingerprint density at radius 2 is 1.95 bits per heavy atom. The van der Waals surface area contributed by atoms with Crippen LogP contribution in [0.5, 0.6) is 0 Å². The van der Waals surface area contributed by atoms with Gasteiger partial charge in [-0.15, -0.1) is 11.3 Å². The maximum atomic E-state index is 12.3. The number of sulfonamides is 1. The monoisotopic (exact) mass is 305 g/mol. The number of thiophene rings is 1.